The summed E-state index contributed by atoms with van der Waals surface area (Å²) in [4.78, 5) is 24.5. The van der Waals surface area contributed by atoms with E-state index in [9.17, 15) is 9.59 Å². The van der Waals surface area contributed by atoms with Crippen LogP contribution in [0.1, 0.15) is 115 Å². The molecule has 0 bridgehead atoms. The summed E-state index contributed by atoms with van der Waals surface area (Å²) in [7, 11) is 0. The molecule has 0 aromatic heterocycles. The lowest BCUT2D eigenvalue weighted by Crippen LogP contribution is -2.14. The third kappa shape index (κ3) is 7.81. The number of halogens is 1. The van der Waals surface area contributed by atoms with Gasteiger partial charge in [-0.1, -0.05) is 6.07 Å². The van der Waals surface area contributed by atoms with Crippen molar-refractivity contribution in [2.24, 2.45) is 0 Å². The molecular formula is C42H55ClN2O2. The number of anilines is 2. The van der Waals surface area contributed by atoms with Gasteiger partial charge in [-0.25, -0.2) is 0 Å². The van der Waals surface area contributed by atoms with Gasteiger partial charge in [0, 0.05) is 28.1 Å². The Morgan fingerprint density at radius 1 is 0.447 bits per heavy atom. The van der Waals surface area contributed by atoms with Crippen molar-refractivity contribution in [3.05, 3.63) is 124 Å². The van der Waals surface area contributed by atoms with E-state index in [1.807, 2.05) is 74.4 Å². The van der Waals surface area contributed by atoms with Gasteiger partial charge in [-0.05, 0) is 224 Å². The van der Waals surface area contributed by atoms with E-state index in [1.54, 1.807) is 0 Å². The summed E-state index contributed by atoms with van der Waals surface area (Å²) in [6.07, 6.45) is 0. The predicted octanol–water partition coefficient (Wildman–Crippen LogP) is 10.8. The van der Waals surface area contributed by atoms with Crippen molar-refractivity contribution in [1.29, 1.82) is 0 Å². The average molecular weight is 655 g/mol. The molecule has 0 aliphatic carbocycles. The van der Waals surface area contributed by atoms with E-state index < -0.39 is 0 Å². The molecule has 0 amide bonds. The minimum absolute atomic E-state index is 0.0369. The second-order valence-corrected chi connectivity index (χ2v) is 13.6. The van der Waals surface area contributed by atoms with Crippen molar-refractivity contribution in [2.75, 3.05) is 11.5 Å². The predicted molar refractivity (Wildman–Crippen MR) is 204 cm³/mol. The van der Waals surface area contributed by atoms with E-state index in [0.717, 1.165) is 61.3 Å². The zero-order valence-electron chi connectivity index (χ0n) is 31.6. The molecule has 5 heteroatoms. The molecule has 0 saturated carbocycles. The number of aryl methyl sites for hydroxylation is 2. The number of carbonyl (C=O) groups is 2. The van der Waals surface area contributed by atoms with E-state index in [2.05, 4.69) is 54.5 Å². The van der Waals surface area contributed by atoms with Gasteiger partial charge in [0.15, 0.2) is 5.78 Å². The number of rotatable bonds is 3. The van der Waals surface area contributed by atoms with Crippen molar-refractivity contribution in [3.63, 3.8) is 0 Å². The Balaban J connectivity index is 0.000000271. The largest absolute Gasteiger partial charge is 0.399 e. The summed E-state index contributed by atoms with van der Waals surface area (Å²) in [5, 5.41) is -0.355. The number of hydrogen-bond donors (Lipinski definition) is 2. The summed E-state index contributed by atoms with van der Waals surface area (Å²) in [5.41, 5.74) is 34.0. The van der Waals surface area contributed by atoms with Gasteiger partial charge >= 0.3 is 0 Å². The van der Waals surface area contributed by atoms with Crippen LogP contribution in [0.5, 0.6) is 0 Å². The zero-order chi connectivity index (χ0) is 36.4. The summed E-state index contributed by atoms with van der Waals surface area (Å²) in [5.74, 6) is 0.0369. The lowest BCUT2D eigenvalue weighted by atomic mass is 9.84. The standard InChI is InChI=1S/C21H27NO.C12H15ClO.C9H13N/c1-10-9-18(20(22)17(8)11(10)2)21(23)19-15(6)13(4)12(3)14(5)16(19)7;1-6-7(2)9(4)11(12(13)14)10(5)8(6)3;1-6-4-5-9(10)8(3)7(6)2/h9H,22H2,1-8H3;1-5H3;4-5H,10H2,1-3H3. The first kappa shape index (κ1) is 39.3. The molecule has 4 rings (SSSR count). The van der Waals surface area contributed by atoms with E-state index in [4.69, 9.17) is 23.1 Å². The summed E-state index contributed by atoms with van der Waals surface area (Å²) >= 11 is 5.57. The Labute approximate surface area is 288 Å². The Hall–Kier alpha value is -3.89. The fraction of sp³-hybridized carbons (Fsp3) is 0.381. The molecule has 0 saturated heterocycles. The fourth-order valence-electron chi connectivity index (χ4n) is 6.04. The summed E-state index contributed by atoms with van der Waals surface area (Å²) < 4.78 is 0. The highest BCUT2D eigenvalue weighted by molar-refractivity contribution is 6.68. The van der Waals surface area contributed by atoms with Gasteiger partial charge in [-0.3, -0.25) is 9.59 Å². The first-order valence-electron chi connectivity index (χ1n) is 16.2. The van der Waals surface area contributed by atoms with E-state index in [0.29, 0.717) is 16.8 Å². The molecule has 4 aromatic carbocycles. The third-order valence-corrected chi connectivity index (χ3v) is 11.2. The molecule has 47 heavy (non-hydrogen) atoms. The van der Waals surface area contributed by atoms with Crippen LogP contribution in [0.15, 0.2) is 18.2 Å². The lowest BCUT2D eigenvalue weighted by Gasteiger charge is -2.19. The van der Waals surface area contributed by atoms with Crippen molar-refractivity contribution in [2.45, 2.75) is 111 Å². The molecule has 4 aromatic rings. The lowest BCUT2D eigenvalue weighted by molar-refractivity contribution is 0.103. The van der Waals surface area contributed by atoms with Gasteiger partial charge in [-0.2, -0.15) is 0 Å². The van der Waals surface area contributed by atoms with Crippen LogP contribution in [0.4, 0.5) is 11.4 Å². The van der Waals surface area contributed by atoms with Gasteiger partial charge in [0.2, 0.25) is 0 Å². The van der Waals surface area contributed by atoms with E-state index >= 15 is 0 Å². The monoisotopic (exact) mass is 654 g/mol. The van der Waals surface area contributed by atoms with Crippen LogP contribution in [0, 0.1) is 111 Å². The molecule has 0 spiro atoms. The van der Waals surface area contributed by atoms with Gasteiger partial charge in [-0.15, -0.1) is 0 Å². The van der Waals surface area contributed by atoms with Crippen LogP contribution in [0.2, 0.25) is 0 Å². The second-order valence-electron chi connectivity index (χ2n) is 13.2. The highest BCUT2D eigenvalue weighted by Crippen LogP contribution is 2.32. The number of hydrogen-bond acceptors (Lipinski definition) is 4. The highest BCUT2D eigenvalue weighted by Gasteiger charge is 2.23. The SMILES string of the molecule is Cc1c(C)c(C)c(C(=O)Cl)c(C)c1C.Cc1cc(C(=O)c2c(C)c(C)c(C)c(C)c2C)c(N)c(C)c1C.Cc1ccc(N)c(C)c1C. The van der Waals surface area contributed by atoms with Crippen LogP contribution in [0.3, 0.4) is 0 Å². The first-order valence-corrected chi connectivity index (χ1v) is 16.5. The van der Waals surface area contributed by atoms with Crippen molar-refractivity contribution >= 4 is 34.0 Å². The van der Waals surface area contributed by atoms with Crippen LogP contribution >= 0.6 is 11.6 Å². The molecule has 0 aliphatic heterocycles. The Kier molecular flexibility index (Phi) is 12.8. The number of nitrogen functional groups attached to an aromatic ring is 2. The molecule has 4 nitrogen and oxygen atoms in total. The Morgan fingerprint density at radius 3 is 1.19 bits per heavy atom. The molecule has 0 heterocycles. The first-order chi connectivity index (χ1) is 21.6. The quantitative estimate of drug-likeness (QED) is 0.131. The van der Waals surface area contributed by atoms with Crippen molar-refractivity contribution in [1.82, 2.24) is 0 Å². The molecular weight excluding hydrogens is 600 g/mol. The molecule has 0 radical (unpaired) electrons. The Bertz CT molecular complexity index is 1810. The van der Waals surface area contributed by atoms with E-state index in [1.165, 1.54) is 38.9 Å². The van der Waals surface area contributed by atoms with Crippen LogP contribution in [-0.2, 0) is 0 Å². The van der Waals surface area contributed by atoms with Gasteiger partial charge in [0.25, 0.3) is 5.24 Å². The highest BCUT2D eigenvalue weighted by atomic mass is 35.5. The zero-order valence-corrected chi connectivity index (χ0v) is 32.3. The third-order valence-electron chi connectivity index (χ3n) is 11.0. The second kappa shape index (κ2) is 15.3. The molecule has 0 aliphatic rings. The molecule has 0 atom stereocenters. The molecule has 0 unspecified atom stereocenters. The maximum absolute atomic E-state index is 13.3. The summed E-state index contributed by atoms with van der Waals surface area (Å²) in [6.45, 7) is 32.7. The molecule has 252 valence electrons. The molecule has 4 N–H and O–H groups in total. The number of ketones is 1. The average Bonchev–Trinajstić information content (AvgIpc) is 3.03. The maximum Gasteiger partial charge on any atom is 0.252 e. The maximum atomic E-state index is 13.3. The minimum atomic E-state index is -0.355. The van der Waals surface area contributed by atoms with Gasteiger partial charge in [0.1, 0.15) is 0 Å². The van der Waals surface area contributed by atoms with Gasteiger partial charge in [0.05, 0.1) is 0 Å². The summed E-state index contributed by atoms with van der Waals surface area (Å²) in [6, 6.07) is 5.94. The number of carbonyl (C=O) groups excluding carboxylic acids is 2. The topological polar surface area (TPSA) is 86.2 Å². The molecule has 0 fully saturated rings. The number of nitrogens with two attached hydrogens (primary N) is 2. The smallest absolute Gasteiger partial charge is 0.252 e. The van der Waals surface area contributed by atoms with Crippen LogP contribution in [0.25, 0.3) is 0 Å². The Morgan fingerprint density at radius 2 is 0.809 bits per heavy atom. The van der Waals surface area contributed by atoms with Crippen LogP contribution < -0.4 is 11.5 Å². The number of benzene rings is 4. The van der Waals surface area contributed by atoms with Crippen LogP contribution in [-0.4, -0.2) is 11.0 Å². The normalized spacial score (nSPS) is 10.6. The van der Waals surface area contributed by atoms with Gasteiger partial charge < -0.3 is 11.5 Å². The van der Waals surface area contributed by atoms with E-state index in [-0.39, 0.29) is 11.0 Å². The minimum Gasteiger partial charge on any atom is -0.399 e. The van der Waals surface area contributed by atoms with Crippen molar-refractivity contribution in [3.8, 4) is 0 Å². The van der Waals surface area contributed by atoms with Crippen molar-refractivity contribution < 1.29 is 9.59 Å². The fourth-order valence-corrected chi connectivity index (χ4v) is 6.32.